The van der Waals surface area contributed by atoms with Crippen LogP contribution in [0.15, 0.2) is 30.5 Å². The summed E-state index contributed by atoms with van der Waals surface area (Å²) in [6.45, 7) is 10.5. The molecule has 0 spiro atoms. The Bertz CT molecular complexity index is 788. The molecule has 1 aromatic heterocycles. The highest BCUT2D eigenvalue weighted by molar-refractivity contribution is 6.62. The third kappa shape index (κ3) is 3.47. The van der Waals surface area contributed by atoms with Gasteiger partial charge in [-0.25, -0.2) is 4.68 Å². The maximum absolute atomic E-state index is 6.16. The normalized spacial score (nSPS) is 21.9. The van der Waals surface area contributed by atoms with Crippen molar-refractivity contribution in [1.82, 2.24) is 9.78 Å². The molecule has 1 aromatic carbocycles. The quantitative estimate of drug-likeness (QED) is 0.763. The highest BCUT2D eigenvalue weighted by atomic mass is 16.7. The molecule has 2 aliphatic rings. The molecule has 143 valence electrons. The number of aryl methyl sites for hydroxylation is 1. The van der Waals surface area contributed by atoms with Gasteiger partial charge in [0.2, 0.25) is 0 Å². The third-order valence-corrected chi connectivity index (χ3v) is 6.47. The fraction of sp³-hybridized carbons (Fsp3) is 0.545. The summed E-state index contributed by atoms with van der Waals surface area (Å²) in [7, 11) is -0.322. The number of aromatic nitrogens is 2. The lowest BCUT2D eigenvalue weighted by molar-refractivity contribution is 0.00578. The lowest BCUT2D eigenvalue weighted by Crippen LogP contribution is -2.41. The minimum absolute atomic E-state index is 0.318. The van der Waals surface area contributed by atoms with Crippen molar-refractivity contribution in [1.29, 1.82) is 0 Å². The van der Waals surface area contributed by atoms with Gasteiger partial charge in [0.15, 0.2) is 0 Å². The fourth-order valence-corrected chi connectivity index (χ4v) is 3.93. The van der Waals surface area contributed by atoms with Crippen molar-refractivity contribution < 1.29 is 9.31 Å². The molecule has 4 nitrogen and oxygen atoms in total. The smallest absolute Gasteiger partial charge is 0.399 e. The molecular weight excluding hydrogens is 335 g/mol. The zero-order valence-electron chi connectivity index (χ0n) is 17.2. The van der Waals surface area contributed by atoms with Crippen molar-refractivity contribution in [3.63, 3.8) is 0 Å². The molecule has 1 saturated heterocycles. The van der Waals surface area contributed by atoms with Gasteiger partial charge in [0.25, 0.3) is 0 Å². The Morgan fingerprint density at radius 3 is 2.19 bits per heavy atom. The van der Waals surface area contributed by atoms with Crippen LogP contribution in [0.3, 0.4) is 0 Å². The third-order valence-electron chi connectivity index (χ3n) is 6.47. The van der Waals surface area contributed by atoms with E-state index in [9.17, 15) is 0 Å². The standard InChI is InChI=1S/C22H30BN2O2/c1-16-15-24-25(20(16)14-17-8-6-7-9-17)19-12-10-18(11-13-19)23-26-21(2,3)22(4,5)27-23/h10-13,15H,6-9,14H2,1-5H3. The van der Waals surface area contributed by atoms with Gasteiger partial charge in [0.05, 0.1) is 23.1 Å². The molecule has 2 fully saturated rings. The maximum Gasteiger partial charge on any atom is 0.494 e. The first-order chi connectivity index (χ1) is 12.8. The molecule has 4 rings (SSSR count). The first-order valence-corrected chi connectivity index (χ1v) is 10.1. The fourth-order valence-electron chi connectivity index (χ4n) is 3.93. The van der Waals surface area contributed by atoms with Crippen LogP contribution in [0.1, 0.15) is 64.6 Å². The van der Waals surface area contributed by atoms with E-state index in [1.807, 2.05) is 6.20 Å². The average Bonchev–Trinajstić information content (AvgIpc) is 3.29. The van der Waals surface area contributed by atoms with Crippen LogP contribution in [-0.2, 0) is 15.7 Å². The Hall–Kier alpha value is -1.59. The van der Waals surface area contributed by atoms with Gasteiger partial charge in [-0.3, -0.25) is 0 Å². The van der Waals surface area contributed by atoms with Gasteiger partial charge in [-0.15, -0.1) is 0 Å². The second kappa shape index (κ2) is 6.79. The number of hydrogen-bond donors (Lipinski definition) is 0. The van der Waals surface area contributed by atoms with Gasteiger partial charge in [0, 0.05) is 5.69 Å². The van der Waals surface area contributed by atoms with Gasteiger partial charge < -0.3 is 9.31 Å². The van der Waals surface area contributed by atoms with E-state index >= 15 is 0 Å². The Morgan fingerprint density at radius 1 is 1.00 bits per heavy atom. The summed E-state index contributed by atoms with van der Waals surface area (Å²) in [6, 6.07) is 8.44. The van der Waals surface area contributed by atoms with E-state index in [0.717, 1.165) is 17.6 Å². The predicted octanol–water partition coefficient (Wildman–Crippen LogP) is 4.17. The summed E-state index contributed by atoms with van der Waals surface area (Å²) in [5.74, 6) is 1.66. The second-order valence-electron chi connectivity index (χ2n) is 9.00. The summed E-state index contributed by atoms with van der Waals surface area (Å²) in [5.41, 5.74) is 4.09. The predicted molar refractivity (Wildman–Crippen MR) is 109 cm³/mol. The summed E-state index contributed by atoms with van der Waals surface area (Å²) in [4.78, 5) is 0. The molecule has 0 unspecified atom stereocenters. The van der Waals surface area contributed by atoms with E-state index < -0.39 is 0 Å². The Labute approximate surface area is 163 Å². The van der Waals surface area contributed by atoms with E-state index in [0.29, 0.717) is 0 Å². The largest absolute Gasteiger partial charge is 0.494 e. The van der Waals surface area contributed by atoms with Crippen molar-refractivity contribution >= 4 is 12.6 Å². The molecule has 2 heterocycles. The van der Waals surface area contributed by atoms with Crippen molar-refractivity contribution in [2.24, 2.45) is 0 Å². The molecule has 27 heavy (non-hydrogen) atoms. The topological polar surface area (TPSA) is 36.3 Å². The van der Waals surface area contributed by atoms with Gasteiger partial charge in [-0.2, -0.15) is 5.10 Å². The number of hydrogen-bond acceptors (Lipinski definition) is 3. The summed E-state index contributed by atoms with van der Waals surface area (Å²) >= 11 is 0. The van der Waals surface area contributed by atoms with Crippen LogP contribution in [-0.4, -0.2) is 28.1 Å². The van der Waals surface area contributed by atoms with Crippen LogP contribution in [0.4, 0.5) is 0 Å². The van der Waals surface area contributed by atoms with Gasteiger partial charge in [-0.1, -0.05) is 25.0 Å². The van der Waals surface area contributed by atoms with Crippen molar-refractivity contribution in [3.8, 4) is 5.69 Å². The molecule has 0 N–H and O–H groups in total. The van der Waals surface area contributed by atoms with Crippen molar-refractivity contribution in [2.45, 2.75) is 77.9 Å². The van der Waals surface area contributed by atoms with Crippen molar-refractivity contribution in [3.05, 3.63) is 47.6 Å². The summed E-state index contributed by atoms with van der Waals surface area (Å²) in [5, 5.41) is 4.64. The van der Waals surface area contributed by atoms with Crippen LogP contribution in [0.2, 0.25) is 0 Å². The number of rotatable bonds is 4. The minimum Gasteiger partial charge on any atom is -0.399 e. The minimum atomic E-state index is -0.322. The molecule has 0 atom stereocenters. The van der Waals surface area contributed by atoms with E-state index in [-0.39, 0.29) is 18.3 Å². The van der Waals surface area contributed by atoms with Crippen LogP contribution < -0.4 is 5.46 Å². The highest BCUT2D eigenvalue weighted by Gasteiger charge is 2.51. The first kappa shape index (κ1) is 18.8. The van der Waals surface area contributed by atoms with Gasteiger partial charge in [0.1, 0.15) is 0 Å². The van der Waals surface area contributed by atoms with E-state index in [4.69, 9.17) is 9.31 Å². The highest BCUT2D eigenvalue weighted by Crippen LogP contribution is 2.36. The van der Waals surface area contributed by atoms with E-state index in [2.05, 4.69) is 68.7 Å². The number of benzene rings is 1. The van der Waals surface area contributed by atoms with Crippen LogP contribution in [0.25, 0.3) is 5.69 Å². The van der Waals surface area contributed by atoms with Gasteiger partial charge in [-0.05, 0) is 83.0 Å². The molecule has 1 aliphatic heterocycles. The van der Waals surface area contributed by atoms with Gasteiger partial charge >= 0.3 is 7.12 Å². The van der Waals surface area contributed by atoms with E-state index in [1.165, 1.54) is 36.9 Å². The van der Waals surface area contributed by atoms with Crippen LogP contribution >= 0.6 is 0 Å². The Kier molecular flexibility index (Phi) is 4.72. The zero-order chi connectivity index (χ0) is 19.2. The molecule has 1 radical (unpaired) electrons. The molecular formula is C22H30BN2O2. The lowest BCUT2D eigenvalue weighted by atomic mass is 9.79. The molecule has 0 amide bonds. The van der Waals surface area contributed by atoms with Crippen molar-refractivity contribution in [2.75, 3.05) is 0 Å². The monoisotopic (exact) mass is 365 g/mol. The zero-order valence-corrected chi connectivity index (χ0v) is 17.2. The Balaban J connectivity index is 1.55. The summed E-state index contributed by atoms with van der Waals surface area (Å²) < 4.78 is 14.4. The SMILES string of the molecule is Cc1cnn(-c2ccc(B3OC(C)(C)C(C)(C)O3)cc2)c1C[C]1CCCC1. The molecule has 5 heteroatoms. The summed E-state index contributed by atoms with van der Waals surface area (Å²) in [6.07, 6.45) is 8.24. The van der Waals surface area contributed by atoms with Crippen LogP contribution in [0.5, 0.6) is 0 Å². The Morgan fingerprint density at radius 2 is 1.59 bits per heavy atom. The molecule has 2 aromatic rings. The van der Waals surface area contributed by atoms with Crippen LogP contribution in [0, 0.1) is 12.8 Å². The average molecular weight is 365 g/mol. The van der Waals surface area contributed by atoms with E-state index in [1.54, 1.807) is 5.92 Å². The lowest BCUT2D eigenvalue weighted by Gasteiger charge is -2.32. The first-order valence-electron chi connectivity index (χ1n) is 10.1. The molecule has 1 aliphatic carbocycles. The maximum atomic E-state index is 6.16. The second-order valence-corrected chi connectivity index (χ2v) is 9.00. The molecule has 1 saturated carbocycles. The number of nitrogens with zero attached hydrogens (tertiary/aromatic N) is 2. The molecule has 0 bridgehead atoms.